The summed E-state index contributed by atoms with van der Waals surface area (Å²) >= 11 is 0. The van der Waals surface area contributed by atoms with Gasteiger partial charge in [0.05, 0.1) is 25.0 Å². The second-order valence-electron chi connectivity index (χ2n) is 4.88. The van der Waals surface area contributed by atoms with Crippen LogP contribution in [0.25, 0.3) is 0 Å². The van der Waals surface area contributed by atoms with E-state index in [1.807, 2.05) is 23.1 Å². The van der Waals surface area contributed by atoms with Gasteiger partial charge >= 0.3 is 0 Å². The van der Waals surface area contributed by atoms with E-state index in [-0.39, 0.29) is 0 Å². The lowest BCUT2D eigenvalue weighted by Crippen LogP contribution is -2.10. The van der Waals surface area contributed by atoms with Gasteiger partial charge in [-0.15, -0.1) is 0 Å². The molecule has 1 heterocycles. The molecule has 1 aliphatic carbocycles. The molecule has 3 rings (SSSR count). The lowest BCUT2D eigenvalue weighted by molar-refractivity contribution is 0.210. The summed E-state index contributed by atoms with van der Waals surface area (Å²) in [6.07, 6.45) is 9.17. The van der Waals surface area contributed by atoms with Gasteiger partial charge in [-0.2, -0.15) is 5.10 Å². The van der Waals surface area contributed by atoms with Crippen LogP contribution < -0.4 is 4.74 Å². The molecular formula is C15H18N2O. The number of nitrogens with zero attached hydrogens (tertiary/aromatic N) is 2. The fraction of sp³-hybridized carbons (Fsp3) is 0.400. The second-order valence-corrected chi connectivity index (χ2v) is 4.88. The molecule has 0 spiro atoms. The first-order chi connectivity index (χ1) is 8.90. The number of benzene rings is 1. The Kier molecular flexibility index (Phi) is 3.31. The van der Waals surface area contributed by atoms with E-state index in [0.717, 1.165) is 12.3 Å². The summed E-state index contributed by atoms with van der Waals surface area (Å²) in [5.74, 6) is 0.901. The largest absolute Gasteiger partial charge is 0.487 e. The maximum atomic E-state index is 5.91. The quantitative estimate of drug-likeness (QED) is 0.823. The summed E-state index contributed by atoms with van der Waals surface area (Å²) in [7, 11) is 0. The lowest BCUT2D eigenvalue weighted by atomic mass is 10.2. The molecule has 0 aliphatic heterocycles. The molecule has 0 atom stereocenters. The molecule has 3 heteroatoms. The zero-order chi connectivity index (χ0) is 12.2. The molecule has 0 unspecified atom stereocenters. The predicted molar refractivity (Wildman–Crippen MR) is 70.7 cm³/mol. The lowest BCUT2D eigenvalue weighted by Gasteiger charge is -2.09. The van der Waals surface area contributed by atoms with Gasteiger partial charge in [-0.3, -0.25) is 4.68 Å². The van der Waals surface area contributed by atoms with Gasteiger partial charge in [0.15, 0.2) is 5.75 Å². The van der Waals surface area contributed by atoms with Crippen molar-refractivity contribution < 1.29 is 4.74 Å². The number of ether oxygens (including phenoxy) is 1. The Balaban J connectivity index is 1.62. The fourth-order valence-electron chi connectivity index (χ4n) is 2.46. The zero-order valence-corrected chi connectivity index (χ0v) is 10.5. The highest BCUT2D eigenvalue weighted by atomic mass is 16.5. The Morgan fingerprint density at radius 2 is 1.94 bits per heavy atom. The van der Waals surface area contributed by atoms with Gasteiger partial charge < -0.3 is 4.74 Å². The second kappa shape index (κ2) is 5.25. The van der Waals surface area contributed by atoms with Gasteiger partial charge in [-0.05, 0) is 31.2 Å². The summed E-state index contributed by atoms with van der Waals surface area (Å²) < 4.78 is 7.84. The smallest absolute Gasteiger partial charge is 0.157 e. The maximum absolute atomic E-state index is 5.91. The van der Waals surface area contributed by atoms with Crippen LogP contribution in [0.15, 0.2) is 42.7 Å². The minimum atomic E-state index is 0.402. The zero-order valence-electron chi connectivity index (χ0n) is 10.5. The van der Waals surface area contributed by atoms with Crippen LogP contribution in [-0.4, -0.2) is 15.9 Å². The summed E-state index contributed by atoms with van der Waals surface area (Å²) in [5.41, 5.74) is 1.26. The van der Waals surface area contributed by atoms with Crippen molar-refractivity contribution >= 4 is 0 Å². The number of rotatable bonds is 4. The van der Waals surface area contributed by atoms with Gasteiger partial charge in [-0.1, -0.05) is 30.3 Å². The first-order valence-electron chi connectivity index (χ1n) is 6.63. The molecule has 18 heavy (non-hydrogen) atoms. The van der Waals surface area contributed by atoms with Crippen molar-refractivity contribution in [2.24, 2.45) is 0 Å². The minimum absolute atomic E-state index is 0.402. The molecule has 94 valence electrons. The maximum Gasteiger partial charge on any atom is 0.157 e. The van der Waals surface area contributed by atoms with Crippen LogP contribution in [0.3, 0.4) is 0 Å². The molecule has 1 aromatic heterocycles. The summed E-state index contributed by atoms with van der Waals surface area (Å²) in [6, 6.07) is 10.4. The van der Waals surface area contributed by atoms with E-state index in [4.69, 9.17) is 4.74 Å². The molecule has 0 saturated heterocycles. The van der Waals surface area contributed by atoms with E-state index < -0.39 is 0 Å². The molecule has 3 nitrogen and oxygen atoms in total. The first-order valence-corrected chi connectivity index (χ1v) is 6.63. The van der Waals surface area contributed by atoms with E-state index in [2.05, 4.69) is 29.4 Å². The highest BCUT2D eigenvalue weighted by Crippen LogP contribution is 2.23. The number of aromatic nitrogens is 2. The van der Waals surface area contributed by atoms with Crippen molar-refractivity contribution in [3.05, 3.63) is 48.3 Å². The van der Waals surface area contributed by atoms with Crippen LogP contribution in [0.5, 0.6) is 5.75 Å². The molecule has 1 aromatic carbocycles. The van der Waals surface area contributed by atoms with E-state index in [0.29, 0.717) is 6.10 Å². The van der Waals surface area contributed by atoms with Crippen molar-refractivity contribution in [3.63, 3.8) is 0 Å². The highest BCUT2D eigenvalue weighted by Gasteiger charge is 2.16. The Hall–Kier alpha value is -1.77. The monoisotopic (exact) mass is 242 g/mol. The van der Waals surface area contributed by atoms with Crippen molar-refractivity contribution in [1.29, 1.82) is 0 Å². The summed E-state index contributed by atoms with van der Waals surface area (Å²) in [6.45, 7) is 0.800. The third-order valence-electron chi connectivity index (χ3n) is 3.40. The molecule has 1 saturated carbocycles. The van der Waals surface area contributed by atoms with Crippen molar-refractivity contribution in [1.82, 2.24) is 9.78 Å². The predicted octanol–water partition coefficient (Wildman–Crippen LogP) is 3.25. The van der Waals surface area contributed by atoms with Crippen LogP contribution in [0.4, 0.5) is 0 Å². The van der Waals surface area contributed by atoms with Gasteiger partial charge in [0, 0.05) is 0 Å². The van der Waals surface area contributed by atoms with Crippen molar-refractivity contribution in [2.75, 3.05) is 0 Å². The normalized spacial score (nSPS) is 16.0. The average Bonchev–Trinajstić information content (AvgIpc) is 3.03. The van der Waals surface area contributed by atoms with E-state index in [1.165, 1.54) is 31.2 Å². The van der Waals surface area contributed by atoms with Gasteiger partial charge in [0.1, 0.15) is 0 Å². The van der Waals surface area contributed by atoms with E-state index in [9.17, 15) is 0 Å². The van der Waals surface area contributed by atoms with E-state index >= 15 is 0 Å². The molecule has 0 amide bonds. The minimum Gasteiger partial charge on any atom is -0.487 e. The number of hydrogen-bond acceptors (Lipinski definition) is 2. The summed E-state index contributed by atoms with van der Waals surface area (Å²) in [4.78, 5) is 0. The van der Waals surface area contributed by atoms with Crippen molar-refractivity contribution in [3.8, 4) is 5.75 Å². The van der Waals surface area contributed by atoms with Crippen LogP contribution in [0, 0.1) is 0 Å². The van der Waals surface area contributed by atoms with Crippen LogP contribution in [0.1, 0.15) is 31.2 Å². The SMILES string of the molecule is c1ccc(Cn2cc(OC3CCCC3)cn2)cc1. The Labute approximate surface area is 107 Å². The average molecular weight is 242 g/mol. The van der Waals surface area contributed by atoms with Gasteiger partial charge in [0.2, 0.25) is 0 Å². The topological polar surface area (TPSA) is 27.1 Å². The molecule has 0 bridgehead atoms. The molecule has 1 aliphatic rings. The van der Waals surface area contributed by atoms with Crippen LogP contribution in [0.2, 0.25) is 0 Å². The summed E-state index contributed by atoms with van der Waals surface area (Å²) in [5, 5.41) is 4.35. The van der Waals surface area contributed by atoms with Gasteiger partial charge in [0.25, 0.3) is 0 Å². The Bertz CT molecular complexity index is 486. The molecule has 2 aromatic rings. The van der Waals surface area contributed by atoms with E-state index in [1.54, 1.807) is 0 Å². The number of hydrogen-bond donors (Lipinski definition) is 0. The van der Waals surface area contributed by atoms with Gasteiger partial charge in [-0.25, -0.2) is 0 Å². The molecule has 0 radical (unpaired) electrons. The standard InChI is InChI=1S/C15H18N2O/c1-2-6-13(7-3-1)11-17-12-15(10-16-17)18-14-8-4-5-9-14/h1-3,6-7,10,12,14H,4-5,8-9,11H2. The third-order valence-corrected chi connectivity index (χ3v) is 3.40. The van der Waals surface area contributed by atoms with Crippen molar-refractivity contribution in [2.45, 2.75) is 38.3 Å². The third kappa shape index (κ3) is 2.73. The first kappa shape index (κ1) is 11.3. The van der Waals surface area contributed by atoms with Crippen LogP contribution >= 0.6 is 0 Å². The molecule has 0 N–H and O–H groups in total. The Morgan fingerprint density at radius 1 is 1.17 bits per heavy atom. The molecule has 1 fully saturated rings. The highest BCUT2D eigenvalue weighted by molar-refractivity contribution is 5.17. The Morgan fingerprint density at radius 3 is 2.72 bits per heavy atom. The van der Waals surface area contributed by atoms with Crippen LogP contribution in [-0.2, 0) is 6.54 Å². The molecular weight excluding hydrogens is 224 g/mol. The fourth-order valence-corrected chi connectivity index (χ4v) is 2.46.